The second-order valence-corrected chi connectivity index (χ2v) is 8.34. The summed E-state index contributed by atoms with van der Waals surface area (Å²) in [5.41, 5.74) is 3.59. The van der Waals surface area contributed by atoms with Gasteiger partial charge in [-0.15, -0.1) is 24.0 Å². The number of piperidine rings is 1. The normalized spacial score (nSPS) is 15.5. The molecule has 0 spiro atoms. The molecule has 9 heteroatoms. The Hall–Kier alpha value is -1.98. The van der Waals surface area contributed by atoms with Crippen molar-refractivity contribution in [1.82, 2.24) is 30.7 Å². The monoisotopic (exact) mass is 551 g/mol. The highest BCUT2D eigenvalue weighted by Gasteiger charge is 2.20. The van der Waals surface area contributed by atoms with E-state index in [4.69, 9.17) is 4.99 Å². The number of thiophene rings is 1. The molecule has 4 rings (SSSR count). The molecule has 0 saturated carbocycles. The Bertz CT molecular complexity index is 919. The summed E-state index contributed by atoms with van der Waals surface area (Å²) in [5.74, 6) is 1.67. The van der Waals surface area contributed by atoms with Crippen LogP contribution in [0.5, 0.6) is 0 Å². The van der Waals surface area contributed by atoms with Crippen LogP contribution in [0.3, 0.4) is 0 Å². The van der Waals surface area contributed by atoms with Crippen LogP contribution in [0, 0.1) is 0 Å². The van der Waals surface area contributed by atoms with Crippen LogP contribution in [0.1, 0.15) is 30.9 Å². The van der Waals surface area contributed by atoms with E-state index in [0.717, 1.165) is 61.9 Å². The van der Waals surface area contributed by atoms with E-state index in [9.17, 15) is 0 Å². The molecule has 1 aromatic carbocycles. The van der Waals surface area contributed by atoms with Gasteiger partial charge in [0.2, 0.25) is 0 Å². The molecule has 0 aliphatic carbocycles. The molecule has 0 atom stereocenters. The summed E-state index contributed by atoms with van der Waals surface area (Å²) >= 11 is 1.77. The first kappa shape index (κ1) is 23.7. The summed E-state index contributed by atoms with van der Waals surface area (Å²) in [6, 6.07) is 10.9. The minimum atomic E-state index is 0. The second-order valence-electron chi connectivity index (χ2n) is 7.56. The van der Waals surface area contributed by atoms with E-state index >= 15 is 0 Å². The summed E-state index contributed by atoms with van der Waals surface area (Å²) in [7, 11) is 0. The van der Waals surface area contributed by atoms with Gasteiger partial charge < -0.3 is 10.6 Å². The van der Waals surface area contributed by atoms with Crippen LogP contribution in [-0.2, 0) is 13.1 Å². The number of hydrogen-bond donors (Lipinski definition) is 3. The number of aliphatic imine (C=N–C) groups is 1. The predicted molar refractivity (Wildman–Crippen MR) is 138 cm³/mol. The van der Waals surface area contributed by atoms with E-state index in [1.807, 2.05) is 12.1 Å². The molecule has 3 N–H and O–H groups in total. The number of rotatable bonds is 7. The van der Waals surface area contributed by atoms with Crippen molar-refractivity contribution < 1.29 is 0 Å². The van der Waals surface area contributed by atoms with Crippen molar-refractivity contribution in [2.75, 3.05) is 19.6 Å². The number of guanidine groups is 1. The molecule has 0 radical (unpaired) electrons. The number of nitrogens with one attached hydrogen (secondary N) is 3. The molecule has 0 unspecified atom stereocenters. The number of likely N-dealkylation sites (tertiary alicyclic amines) is 1. The molecule has 0 amide bonds. The number of benzene rings is 1. The van der Waals surface area contributed by atoms with Crippen LogP contribution in [0.25, 0.3) is 11.4 Å². The van der Waals surface area contributed by atoms with Crippen LogP contribution in [-0.4, -0.2) is 51.7 Å². The molecule has 1 saturated heterocycles. The lowest BCUT2D eigenvalue weighted by Gasteiger charge is -2.33. The molecule has 1 aliphatic rings. The highest BCUT2D eigenvalue weighted by atomic mass is 127. The standard InChI is InChI=1S/C22H29N7S.HI/c1-2-23-22(24-13-17-4-3-5-19(12-17)21-25-16-26-28-21)27-20-6-9-29(10-7-20)14-18-8-11-30-15-18;/h3-5,8,11-12,15-16,20H,2,6-7,9-10,13-14H2,1H3,(H2,23,24,27)(H,25,26,28);1H. The zero-order chi connectivity index (χ0) is 20.6. The third-order valence-electron chi connectivity index (χ3n) is 5.29. The third kappa shape index (κ3) is 7.01. The molecular formula is C22H30IN7S. The smallest absolute Gasteiger partial charge is 0.191 e. The van der Waals surface area contributed by atoms with Crippen LogP contribution < -0.4 is 10.6 Å². The fraction of sp³-hybridized carbons (Fsp3) is 0.409. The van der Waals surface area contributed by atoms with Gasteiger partial charge in [-0.2, -0.15) is 16.4 Å². The van der Waals surface area contributed by atoms with Crippen LogP contribution in [0.4, 0.5) is 0 Å². The largest absolute Gasteiger partial charge is 0.357 e. The molecule has 1 fully saturated rings. The molecule has 31 heavy (non-hydrogen) atoms. The summed E-state index contributed by atoms with van der Waals surface area (Å²) in [6.07, 6.45) is 3.80. The molecule has 1 aliphatic heterocycles. The van der Waals surface area contributed by atoms with Crippen molar-refractivity contribution in [3.63, 3.8) is 0 Å². The topological polar surface area (TPSA) is 81.2 Å². The number of hydrogen-bond acceptors (Lipinski definition) is 5. The maximum absolute atomic E-state index is 4.82. The first-order chi connectivity index (χ1) is 14.8. The number of nitrogens with zero attached hydrogens (tertiary/aromatic N) is 4. The van der Waals surface area contributed by atoms with E-state index in [2.05, 4.69) is 66.6 Å². The predicted octanol–water partition coefficient (Wildman–Crippen LogP) is 3.87. The summed E-state index contributed by atoms with van der Waals surface area (Å²) < 4.78 is 0. The molecule has 3 heterocycles. The average molecular weight is 552 g/mol. The van der Waals surface area contributed by atoms with Crippen molar-refractivity contribution in [1.29, 1.82) is 0 Å². The minimum Gasteiger partial charge on any atom is -0.357 e. The Balaban J connectivity index is 0.00000272. The third-order valence-corrected chi connectivity index (χ3v) is 6.03. The van der Waals surface area contributed by atoms with Crippen molar-refractivity contribution >= 4 is 41.3 Å². The lowest BCUT2D eigenvalue weighted by molar-refractivity contribution is 0.198. The zero-order valence-corrected chi connectivity index (χ0v) is 20.9. The Morgan fingerprint density at radius 1 is 1.26 bits per heavy atom. The zero-order valence-electron chi connectivity index (χ0n) is 17.8. The van der Waals surface area contributed by atoms with Gasteiger partial charge in [-0.05, 0) is 53.8 Å². The van der Waals surface area contributed by atoms with Crippen molar-refractivity contribution in [2.45, 2.75) is 38.9 Å². The Morgan fingerprint density at radius 3 is 2.84 bits per heavy atom. The van der Waals surface area contributed by atoms with E-state index < -0.39 is 0 Å². The maximum Gasteiger partial charge on any atom is 0.191 e. The highest BCUT2D eigenvalue weighted by molar-refractivity contribution is 14.0. The van der Waals surface area contributed by atoms with E-state index in [-0.39, 0.29) is 24.0 Å². The lowest BCUT2D eigenvalue weighted by Crippen LogP contribution is -2.48. The fourth-order valence-electron chi connectivity index (χ4n) is 3.72. The van der Waals surface area contributed by atoms with Crippen molar-refractivity contribution in [3.8, 4) is 11.4 Å². The molecule has 166 valence electrons. The second kappa shape index (κ2) is 12.2. The van der Waals surface area contributed by atoms with Gasteiger partial charge in [0.05, 0.1) is 6.54 Å². The van der Waals surface area contributed by atoms with Crippen LogP contribution in [0.2, 0.25) is 0 Å². The fourth-order valence-corrected chi connectivity index (χ4v) is 4.38. The Kier molecular flexibility index (Phi) is 9.29. The minimum absolute atomic E-state index is 0. The lowest BCUT2D eigenvalue weighted by atomic mass is 10.0. The Morgan fingerprint density at radius 2 is 2.13 bits per heavy atom. The average Bonchev–Trinajstić information content (AvgIpc) is 3.48. The highest BCUT2D eigenvalue weighted by Crippen LogP contribution is 2.17. The van der Waals surface area contributed by atoms with E-state index in [1.165, 1.54) is 11.9 Å². The molecule has 3 aromatic rings. The van der Waals surface area contributed by atoms with Gasteiger partial charge in [0.25, 0.3) is 0 Å². The van der Waals surface area contributed by atoms with Gasteiger partial charge in [-0.25, -0.2) is 9.98 Å². The van der Waals surface area contributed by atoms with Crippen molar-refractivity contribution in [3.05, 3.63) is 58.5 Å². The van der Waals surface area contributed by atoms with Gasteiger partial charge in [0.1, 0.15) is 6.33 Å². The molecular weight excluding hydrogens is 521 g/mol. The van der Waals surface area contributed by atoms with Gasteiger partial charge in [-0.1, -0.05) is 18.2 Å². The summed E-state index contributed by atoms with van der Waals surface area (Å²) in [6.45, 7) is 6.87. The van der Waals surface area contributed by atoms with E-state index in [0.29, 0.717) is 12.6 Å². The summed E-state index contributed by atoms with van der Waals surface area (Å²) in [5, 5.41) is 18.3. The van der Waals surface area contributed by atoms with Crippen LogP contribution >= 0.6 is 35.3 Å². The SMILES string of the molecule is CCNC(=NCc1cccc(-c2ncn[nH]2)c1)NC1CCN(Cc2ccsc2)CC1.I. The summed E-state index contributed by atoms with van der Waals surface area (Å²) in [4.78, 5) is 11.6. The van der Waals surface area contributed by atoms with Crippen molar-refractivity contribution in [2.24, 2.45) is 4.99 Å². The number of aromatic amines is 1. The van der Waals surface area contributed by atoms with Gasteiger partial charge in [0, 0.05) is 37.8 Å². The van der Waals surface area contributed by atoms with E-state index in [1.54, 1.807) is 11.3 Å². The molecule has 7 nitrogen and oxygen atoms in total. The molecule has 2 aromatic heterocycles. The first-order valence-electron chi connectivity index (χ1n) is 10.5. The first-order valence-corrected chi connectivity index (χ1v) is 11.5. The molecule has 0 bridgehead atoms. The number of aromatic nitrogens is 3. The Labute approximate surface area is 204 Å². The van der Waals surface area contributed by atoms with Crippen LogP contribution in [0.15, 0.2) is 52.4 Å². The van der Waals surface area contributed by atoms with Gasteiger partial charge >= 0.3 is 0 Å². The number of H-pyrrole nitrogens is 1. The van der Waals surface area contributed by atoms with Gasteiger partial charge in [0.15, 0.2) is 11.8 Å². The van der Waals surface area contributed by atoms with Gasteiger partial charge in [-0.3, -0.25) is 10.00 Å². The maximum atomic E-state index is 4.82. The quantitative estimate of drug-likeness (QED) is 0.236. The number of halogens is 1.